The van der Waals surface area contributed by atoms with E-state index < -0.39 is 0 Å². The van der Waals surface area contributed by atoms with E-state index in [0.29, 0.717) is 0 Å². The quantitative estimate of drug-likeness (QED) is 0.645. The summed E-state index contributed by atoms with van der Waals surface area (Å²) in [7, 11) is 1.68. The van der Waals surface area contributed by atoms with E-state index in [0.717, 1.165) is 28.3 Å². The van der Waals surface area contributed by atoms with Gasteiger partial charge in [-0.1, -0.05) is 22.2 Å². The summed E-state index contributed by atoms with van der Waals surface area (Å²) in [5.41, 5.74) is 6.08. The van der Waals surface area contributed by atoms with Crippen LogP contribution in [0.5, 0.6) is 5.75 Å². The van der Waals surface area contributed by atoms with Crippen molar-refractivity contribution < 1.29 is 4.74 Å². The molecule has 0 amide bonds. The summed E-state index contributed by atoms with van der Waals surface area (Å²) >= 11 is 1.37. The number of rotatable bonds is 5. The molecule has 1 aromatic carbocycles. The van der Waals surface area contributed by atoms with E-state index in [1.807, 2.05) is 19.1 Å². The lowest BCUT2D eigenvalue weighted by Crippen LogP contribution is -2.29. The third-order valence-electron chi connectivity index (χ3n) is 3.06. The number of hydrogen-bond donors (Lipinski definition) is 2. The molecule has 1 unspecified atom stereocenters. The maximum atomic E-state index is 5.67. The first kappa shape index (κ1) is 13.9. The Morgan fingerprint density at radius 2 is 2.21 bits per heavy atom. The van der Waals surface area contributed by atoms with Gasteiger partial charge in [0.2, 0.25) is 0 Å². The van der Waals surface area contributed by atoms with Crippen LogP contribution in [-0.2, 0) is 6.42 Å². The second-order valence-electron chi connectivity index (χ2n) is 4.46. The number of nitrogens with zero attached hydrogens (tertiary/aromatic N) is 2. The largest absolute Gasteiger partial charge is 0.496 e. The van der Waals surface area contributed by atoms with Crippen molar-refractivity contribution in [2.45, 2.75) is 26.3 Å². The van der Waals surface area contributed by atoms with Crippen molar-refractivity contribution in [1.82, 2.24) is 15.0 Å². The number of ether oxygens (including phenoxy) is 1. The zero-order valence-corrected chi connectivity index (χ0v) is 12.1. The van der Waals surface area contributed by atoms with Crippen molar-refractivity contribution in [2.24, 2.45) is 5.84 Å². The number of aromatic nitrogens is 2. The summed E-state index contributed by atoms with van der Waals surface area (Å²) in [6.07, 6.45) is 0.742. The molecule has 0 fully saturated rings. The van der Waals surface area contributed by atoms with Crippen LogP contribution in [0.4, 0.5) is 0 Å². The van der Waals surface area contributed by atoms with Gasteiger partial charge in [0.15, 0.2) is 0 Å². The first-order chi connectivity index (χ1) is 9.15. The number of hydrazine groups is 1. The summed E-state index contributed by atoms with van der Waals surface area (Å²) in [4.78, 5) is 1.06. The Morgan fingerprint density at radius 1 is 1.42 bits per heavy atom. The zero-order valence-electron chi connectivity index (χ0n) is 11.3. The number of benzene rings is 1. The molecule has 0 aliphatic rings. The summed E-state index contributed by atoms with van der Waals surface area (Å²) < 4.78 is 9.35. The van der Waals surface area contributed by atoms with E-state index in [2.05, 4.69) is 28.0 Å². The minimum Gasteiger partial charge on any atom is -0.496 e. The molecular formula is C13H18N4OS. The van der Waals surface area contributed by atoms with Crippen molar-refractivity contribution >= 4 is 11.5 Å². The average molecular weight is 278 g/mol. The Balaban J connectivity index is 2.28. The van der Waals surface area contributed by atoms with E-state index in [4.69, 9.17) is 10.6 Å². The van der Waals surface area contributed by atoms with Gasteiger partial charge in [-0.2, -0.15) is 0 Å². The van der Waals surface area contributed by atoms with Crippen LogP contribution in [0.1, 0.15) is 27.7 Å². The Labute approximate surface area is 116 Å². The predicted octanol–water partition coefficient (Wildman–Crippen LogP) is 1.91. The van der Waals surface area contributed by atoms with Crippen molar-refractivity contribution in [1.29, 1.82) is 0 Å². The standard InChI is InChI=1S/C13H18N4OS/c1-8-4-5-12(18-3)10(6-8)7-11(15-14)13-9(2)16-17-19-13/h4-6,11,15H,7,14H2,1-3H3. The number of aryl methyl sites for hydroxylation is 2. The molecule has 1 heterocycles. The van der Waals surface area contributed by atoms with Crippen molar-refractivity contribution in [3.05, 3.63) is 39.9 Å². The molecule has 0 radical (unpaired) electrons. The third-order valence-corrected chi connectivity index (χ3v) is 4.00. The smallest absolute Gasteiger partial charge is 0.122 e. The highest BCUT2D eigenvalue weighted by Crippen LogP contribution is 2.28. The van der Waals surface area contributed by atoms with Gasteiger partial charge in [-0.15, -0.1) is 5.10 Å². The molecular weight excluding hydrogens is 260 g/mol. The Morgan fingerprint density at radius 3 is 2.79 bits per heavy atom. The molecule has 19 heavy (non-hydrogen) atoms. The number of nitrogens with two attached hydrogens (primary N) is 1. The van der Waals surface area contributed by atoms with Crippen molar-refractivity contribution in [3.8, 4) is 5.75 Å². The second kappa shape index (κ2) is 6.10. The molecule has 0 aliphatic heterocycles. The lowest BCUT2D eigenvalue weighted by atomic mass is 10.0. The van der Waals surface area contributed by atoms with Crippen LogP contribution in [-0.4, -0.2) is 16.7 Å². The first-order valence-electron chi connectivity index (χ1n) is 6.04. The van der Waals surface area contributed by atoms with Crippen molar-refractivity contribution in [3.63, 3.8) is 0 Å². The highest BCUT2D eigenvalue weighted by atomic mass is 32.1. The van der Waals surface area contributed by atoms with Gasteiger partial charge in [-0.05, 0) is 43.4 Å². The molecule has 0 aliphatic carbocycles. The van der Waals surface area contributed by atoms with Crippen LogP contribution in [0.15, 0.2) is 18.2 Å². The Bertz CT molecular complexity index is 555. The molecule has 0 spiro atoms. The van der Waals surface area contributed by atoms with E-state index >= 15 is 0 Å². The molecule has 1 atom stereocenters. The number of nitrogens with one attached hydrogen (secondary N) is 1. The SMILES string of the molecule is COc1ccc(C)cc1CC(NN)c1snnc1C. The minimum atomic E-state index is -0.00398. The molecule has 2 aromatic rings. The fraction of sp³-hybridized carbons (Fsp3) is 0.385. The summed E-state index contributed by atoms with van der Waals surface area (Å²) in [5, 5.41) is 4.03. The fourth-order valence-electron chi connectivity index (χ4n) is 2.07. The average Bonchev–Trinajstić information content (AvgIpc) is 2.82. The third kappa shape index (κ3) is 3.09. The number of methoxy groups -OCH3 is 1. The van der Waals surface area contributed by atoms with Crippen LogP contribution < -0.4 is 16.0 Å². The molecule has 2 rings (SSSR count). The lowest BCUT2D eigenvalue weighted by molar-refractivity contribution is 0.405. The Hall–Kier alpha value is -1.50. The van der Waals surface area contributed by atoms with E-state index in [1.165, 1.54) is 17.1 Å². The maximum absolute atomic E-state index is 5.67. The van der Waals surface area contributed by atoms with Gasteiger partial charge in [0.1, 0.15) is 5.75 Å². The molecule has 0 bridgehead atoms. The zero-order chi connectivity index (χ0) is 13.8. The molecule has 3 N–H and O–H groups in total. The predicted molar refractivity (Wildman–Crippen MR) is 76.1 cm³/mol. The molecule has 6 heteroatoms. The minimum absolute atomic E-state index is 0.00398. The molecule has 0 saturated carbocycles. The van der Waals surface area contributed by atoms with Gasteiger partial charge in [0.05, 0.1) is 23.7 Å². The van der Waals surface area contributed by atoms with Crippen LogP contribution in [0.25, 0.3) is 0 Å². The van der Waals surface area contributed by atoms with Crippen LogP contribution >= 0.6 is 11.5 Å². The summed E-state index contributed by atoms with van der Waals surface area (Å²) in [6, 6.07) is 6.13. The van der Waals surface area contributed by atoms with Crippen LogP contribution in [0.2, 0.25) is 0 Å². The van der Waals surface area contributed by atoms with Crippen LogP contribution in [0, 0.1) is 13.8 Å². The van der Waals surface area contributed by atoms with Gasteiger partial charge < -0.3 is 4.74 Å². The monoisotopic (exact) mass is 278 g/mol. The first-order valence-corrected chi connectivity index (χ1v) is 6.81. The molecule has 0 saturated heterocycles. The number of hydrogen-bond acceptors (Lipinski definition) is 6. The van der Waals surface area contributed by atoms with E-state index in [1.54, 1.807) is 7.11 Å². The Kier molecular flexibility index (Phi) is 4.47. The highest BCUT2D eigenvalue weighted by molar-refractivity contribution is 7.05. The van der Waals surface area contributed by atoms with Gasteiger partial charge in [0, 0.05) is 0 Å². The van der Waals surface area contributed by atoms with E-state index in [-0.39, 0.29) is 6.04 Å². The summed E-state index contributed by atoms with van der Waals surface area (Å²) in [5.74, 6) is 6.55. The molecule has 1 aromatic heterocycles. The van der Waals surface area contributed by atoms with Gasteiger partial charge in [-0.3, -0.25) is 11.3 Å². The van der Waals surface area contributed by atoms with E-state index in [9.17, 15) is 0 Å². The van der Waals surface area contributed by atoms with Crippen LogP contribution in [0.3, 0.4) is 0 Å². The maximum Gasteiger partial charge on any atom is 0.122 e. The normalized spacial score (nSPS) is 12.4. The van der Waals surface area contributed by atoms with Gasteiger partial charge in [-0.25, -0.2) is 0 Å². The fourth-order valence-corrected chi connectivity index (χ4v) is 2.77. The second-order valence-corrected chi connectivity index (χ2v) is 5.25. The van der Waals surface area contributed by atoms with Crippen molar-refractivity contribution in [2.75, 3.05) is 7.11 Å². The van der Waals surface area contributed by atoms with Gasteiger partial charge in [0.25, 0.3) is 0 Å². The summed E-state index contributed by atoms with van der Waals surface area (Å²) in [6.45, 7) is 4.00. The topological polar surface area (TPSA) is 73.1 Å². The highest BCUT2D eigenvalue weighted by Gasteiger charge is 2.18. The molecule has 5 nitrogen and oxygen atoms in total. The lowest BCUT2D eigenvalue weighted by Gasteiger charge is -2.17. The molecule has 102 valence electrons. The van der Waals surface area contributed by atoms with Gasteiger partial charge >= 0.3 is 0 Å².